The molecule has 0 aliphatic heterocycles. The molecule has 2 aromatic carbocycles. The van der Waals surface area contributed by atoms with Gasteiger partial charge < -0.3 is 10.3 Å². The van der Waals surface area contributed by atoms with Gasteiger partial charge in [-0.1, -0.05) is 19.1 Å². The van der Waals surface area contributed by atoms with Crippen LogP contribution >= 0.6 is 0 Å². The van der Waals surface area contributed by atoms with Gasteiger partial charge >= 0.3 is 0 Å². The minimum Gasteiger partial charge on any atom is -0.322 e. The highest BCUT2D eigenvalue weighted by molar-refractivity contribution is 6.05. The predicted molar refractivity (Wildman–Crippen MR) is 107 cm³/mol. The number of aromatic amines is 1. The standard InChI is InChI=1S/C19H15N5O6/c1-2-13-9-17(25)22-18(20-13)11-4-3-5-14(6-11)21-19(26)12-7-15(23(27)28)10-16(8-12)24(29)30/h3-10H,2H2,1H3,(H,21,26)(H,20,22,25). The monoisotopic (exact) mass is 409 g/mol. The molecule has 0 spiro atoms. The molecule has 3 aromatic rings. The summed E-state index contributed by atoms with van der Waals surface area (Å²) in [5.41, 5.74) is -0.230. The summed E-state index contributed by atoms with van der Waals surface area (Å²) in [5.74, 6) is -0.441. The lowest BCUT2D eigenvalue weighted by molar-refractivity contribution is -0.394. The molecular weight excluding hydrogens is 394 g/mol. The number of aryl methyl sites for hydroxylation is 1. The molecule has 0 fully saturated rings. The number of H-pyrrole nitrogens is 1. The van der Waals surface area contributed by atoms with Crippen molar-refractivity contribution in [3.8, 4) is 11.4 Å². The van der Waals surface area contributed by atoms with Gasteiger partial charge in [0, 0.05) is 35.1 Å². The summed E-state index contributed by atoms with van der Waals surface area (Å²) < 4.78 is 0. The molecule has 0 aliphatic carbocycles. The Balaban J connectivity index is 1.93. The van der Waals surface area contributed by atoms with Crippen LogP contribution in [0.5, 0.6) is 0 Å². The summed E-state index contributed by atoms with van der Waals surface area (Å²) in [6.45, 7) is 1.86. The Morgan fingerprint density at radius 1 is 1.07 bits per heavy atom. The minimum absolute atomic E-state index is 0.235. The lowest BCUT2D eigenvalue weighted by Crippen LogP contribution is -2.13. The fraction of sp³-hybridized carbons (Fsp3) is 0.105. The van der Waals surface area contributed by atoms with E-state index in [9.17, 15) is 29.8 Å². The molecule has 152 valence electrons. The largest absolute Gasteiger partial charge is 0.322 e. The number of hydrogen-bond donors (Lipinski definition) is 2. The molecule has 1 amide bonds. The number of amides is 1. The molecule has 0 radical (unpaired) electrons. The molecule has 0 bridgehead atoms. The van der Waals surface area contributed by atoms with Gasteiger partial charge in [-0.3, -0.25) is 29.8 Å². The summed E-state index contributed by atoms with van der Waals surface area (Å²) in [4.78, 5) is 51.7. The smallest absolute Gasteiger partial charge is 0.277 e. The minimum atomic E-state index is -0.812. The number of carbonyl (C=O) groups excluding carboxylic acids is 1. The molecule has 0 aliphatic rings. The number of nitro groups is 2. The maximum absolute atomic E-state index is 12.5. The van der Waals surface area contributed by atoms with Gasteiger partial charge in [-0.25, -0.2) is 4.98 Å². The first-order chi connectivity index (χ1) is 14.3. The fourth-order valence-corrected chi connectivity index (χ4v) is 2.71. The molecule has 30 heavy (non-hydrogen) atoms. The van der Waals surface area contributed by atoms with E-state index in [1.807, 2.05) is 6.92 Å². The van der Waals surface area contributed by atoms with E-state index in [1.165, 1.54) is 6.07 Å². The molecule has 0 saturated heterocycles. The van der Waals surface area contributed by atoms with Crippen molar-refractivity contribution in [1.82, 2.24) is 9.97 Å². The van der Waals surface area contributed by atoms with E-state index in [-0.39, 0.29) is 11.1 Å². The van der Waals surface area contributed by atoms with Crippen molar-refractivity contribution in [2.24, 2.45) is 0 Å². The SMILES string of the molecule is CCc1cc(=O)[nH]c(-c2cccc(NC(=O)c3cc([N+](=O)[O-])cc([N+](=O)[O-])c3)c2)n1. The van der Waals surface area contributed by atoms with Gasteiger partial charge in [-0.15, -0.1) is 0 Å². The quantitative estimate of drug-likeness (QED) is 0.467. The van der Waals surface area contributed by atoms with Crippen molar-refractivity contribution in [1.29, 1.82) is 0 Å². The summed E-state index contributed by atoms with van der Waals surface area (Å²) in [6, 6.07) is 10.5. The molecule has 1 heterocycles. The highest BCUT2D eigenvalue weighted by Crippen LogP contribution is 2.24. The summed E-state index contributed by atoms with van der Waals surface area (Å²) in [5, 5.41) is 24.6. The molecule has 0 atom stereocenters. The molecule has 0 saturated carbocycles. The van der Waals surface area contributed by atoms with Crippen LogP contribution in [0, 0.1) is 20.2 Å². The number of nitrogens with one attached hydrogen (secondary N) is 2. The van der Waals surface area contributed by atoms with Crippen molar-refractivity contribution >= 4 is 23.0 Å². The first-order valence-electron chi connectivity index (χ1n) is 8.72. The maximum atomic E-state index is 12.5. The zero-order chi connectivity index (χ0) is 21.8. The third kappa shape index (κ3) is 4.52. The summed E-state index contributed by atoms with van der Waals surface area (Å²) >= 11 is 0. The van der Waals surface area contributed by atoms with Crippen LogP contribution in [0.2, 0.25) is 0 Å². The topological polar surface area (TPSA) is 161 Å². The second-order valence-corrected chi connectivity index (χ2v) is 6.23. The molecular formula is C19H15N5O6. The first kappa shape index (κ1) is 20.3. The van der Waals surface area contributed by atoms with E-state index in [4.69, 9.17) is 0 Å². The van der Waals surface area contributed by atoms with Crippen molar-refractivity contribution in [2.45, 2.75) is 13.3 Å². The van der Waals surface area contributed by atoms with Gasteiger partial charge in [0.05, 0.1) is 21.5 Å². The highest BCUT2D eigenvalue weighted by atomic mass is 16.6. The van der Waals surface area contributed by atoms with Crippen LogP contribution in [-0.4, -0.2) is 25.7 Å². The zero-order valence-electron chi connectivity index (χ0n) is 15.6. The van der Waals surface area contributed by atoms with Gasteiger partial charge in [-0.2, -0.15) is 0 Å². The average Bonchev–Trinajstić information content (AvgIpc) is 2.73. The van der Waals surface area contributed by atoms with Crippen molar-refractivity contribution in [3.63, 3.8) is 0 Å². The summed E-state index contributed by atoms with van der Waals surface area (Å²) in [6.07, 6.45) is 0.568. The molecule has 2 N–H and O–H groups in total. The second-order valence-electron chi connectivity index (χ2n) is 6.23. The van der Waals surface area contributed by atoms with Gasteiger partial charge in [0.1, 0.15) is 5.82 Å². The number of aromatic nitrogens is 2. The molecule has 1 aromatic heterocycles. The van der Waals surface area contributed by atoms with Gasteiger partial charge in [0.2, 0.25) is 0 Å². The number of carbonyl (C=O) groups is 1. The van der Waals surface area contributed by atoms with E-state index in [0.29, 0.717) is 29.2 Å². The van der Waals surface area contributed by atoms with Gasteiger partial charge in [0.15, 0.2) is 0 Å². The van der Waals surface area contributed by atoms with Gasteiger partial charge in [0.25, 0.3) is 22.8 Å². The normalized spacial score (nSPS) is 10.4. The van der Waals surface area contributed by atoms with Crippen LogP contribution in [-0.2, 0) is 6.42 Å². The number of nitro benzene ring substituents is 2. The second kappa shape index (κ2) is 8.31. The zero-order valence-corrected chi connectivity index (χ0v) is 15.6. The third-order valence-corrected chi connectivity index (χ3v) is 4.14. The lowest BCUT2D eigenvalue weighted by Gasteiger charge is -2.08. The Morgan fingerprint density at radius 3 is 2.33 bits per heavy atom. The Bertz CT molecular complexity index is 1190. The Labute approximate surface area is 168 Å². The lowest BCUT2D eigenvalue weighted by atomic mass is 10.1. The van der Waals surface area contributed by atoms with Crippen LogP contribution in [0.15, 0.2) is 53.3 Å². The van der Waals surface area contributed by atoms with Gasteiger partial charge in [-0.05, 0) is 18.6 Å². The van der Waals surface area contributed by atoms with Crippen LogP contribution in [0.25, 0.3) is 11.4 Å². The van der Waals surface area contributed by atoms with Crippen LogP contribution in [0.1, 0.15) is 23.0 Å². The van der Waals surface area contributed by atoms with Crippen molar-refractivity contribution in [2.75, 3.05) is 5.32 Å². The number of non-ortho nitro benzene ring substituents is 2. The van der Waals surface area contributed by atoms with E-state index in [2.05, 4.69) is 15.3 Å². The van der Waals surface area contributed by atoms with E-state index in [0.717, 1.165) is 18.2 Å². The fourth-order valence-electron chi connectivity index (χ4n) is 2.71. The van der Waals surface area contributed by atoms with Crippen molar-refractivity contribution < 1.29 is 14.6 Å². The number of hydrogen-bond acceptors (Lipinski definition) is 7. The number of rotatable bonds is 6. The Morgan fingerprint density at radius 2 is 1.73 bits per heavy atom. The number of nitrogens with zero attached hydrogens (tertiary/aromatic N) is 3. The first-order valence-corrected chi connectivity index (χ1v) is 8.72. The maximum Gasteiger partial charge on any atom is 0.277 e. The molecule has 0 unspecified atom stereocenters. The molecule has 11 nitrogen and oxygen atoms in total. The molecule has 3 rings (SSSR count). The number of anilines is 1. The van der Waals surface area contributed by atoms with Crippen LogP contribution < -0.4 is 10.9 Å². The molecule has 11 heteroatoms. The Hall–Kier alpha value is -4.41. The van der Waals surface area contributed by atoms with E-state index < -0.39 is 27.1 Å². The summed E-state index contributed by atoms with van der Waals surface area (Å²) in [7, 11) is 0. The van der Waals surface area contributed by atoms with E-state index in [1.54, 1.807) is 24.3 Å². The Kier molecular flexibility index (Phi) is 5.63. The third-order valence-electron chi connectivity index (χ3n) is 4.14. The van der Waals surface area contributed by atoms with Crippen molar-refractivity contribution in [3.05, 3.63) is 90.4 Å². The average molecular weight is 409 g/mol. The van der Waals surface area contributed by atoms with Crippen LogP contribution in [0.3, 0.4) is 0 Å². The predicted octanol–water partition coefficient (Wildman–Crippen LogP) is 3.07. The van der Waals surface area contributed by atoms with Crippen LogP contribution in [0.4, 0.5) is 17.1 Å². The highest BCUT2D eigenvalue weighted by Gasteiger charge is 2.20. The number of benzene rings is 2. The van der Waals surface area contributed by atoms with E-state index >= 15 is 0 Å².